The third-order valence-electron chi connectivity index (χ3n) is 4.14. The SMILES string of the molecule is Cc1ccc(S(=O)(=O)N(SSN(C(C)C)S(=O)(=O)c2ccc(C)cc2)C(C)C)cc1. The van der Waals surface area contributed by atoms with Crippen molar-refractivity contribution < 1.29 is 16.8 Å². The Balaban J connectivity index is 2.32. The summed E-state index contributed by atoms with van der Waals surface area (Å²) in [7, 11) is -5.79. The van der Waals surface area contributed by atoms with Crippen LogP contribution in [0.5, 0.6) is 0 Å². The molecule has 10 heteroatoms. The van der Waals surface area contributed by atoms with Crippen molar-refractivity contribution in [2.24, 2.45) is 0 Å². The highest BCUT2D eigenvalue weighted by molar-refractivity contribution is 8.76. The second kappa shape index (κ2) is 10.1. The highest BCUT2D eigenvalue weighted by Gasteiger charge is 2.33. The van der Waals surface area contributed by atoms with Gasteiger partial charge in [-0.2, -0.15) is 0 Å². The van der Waals surface area contributed by atoms with Gasteiger partial charge in [-0.15, -0.1) is 7.42 Å². The van der Waals surface area contributed by atoms with E-state index < -0.39 is 20.0 Å². The highest BCUT2D eigenvalue weighted by atomic mass is 33.1. The van der Waals surface area contributed by atoms with Gasteiger partial charge in [-0.05, 0) is 65.8 Å². The lowest BCUT2D eigenvalue weighted by Gasteiger charge is -2.28. The van der Waals surface area contributed by atoms with E-state index in [-0.39, 0.29) is 21.9 Å². The third-order valence-corrected chi connectivity index (χ3v) is 12.2. The maximum atomic E-state index is 13.1. The molecular formula is C20H28N2O4S4. The van der Waals surface area contributed by atoms with Gasteiger partial charge in [0, 0.05) is 34.0 Å². The van der Waals surface area contributed by atoms with E-state index in [9.17, 15) is 16.8 Å². The van der Waals surface area contributed by atoms with E-state index in [4.69, 9.17) is 0 Å². The molecule has 0 amide bonds. The van der Waals surface area contributed by atoms with E-state index >= 15 is 0 Å². The number of benzene rings is 2. The Labute approximate surface area is 188 Å². The van der Waals surface area contributed by atoms with Crippen molar-refractivity contribution >= 4 is 42.0 Å². The lowest BCUT2D eigenvalue weighted by Crippen LogP contribution is -2.34. The molecule has 30 heavy (non-hydrogen) atoms. The maximum absolute atomic E-state index is 13.1. The normalized spacial score (nSPS) is 13.0. The Morgan fingerprint density at radius 3 is 1.10 bits per heavy atom. The second-order valence-corrected chi connectivity index (χ2v) is 13.6. The van der Waals surface area contributed by atoms with Crippen LogP contribution in [0.3, 0.4) is 0 Å². The first kappa shape index (κ1) is 25.2. The first-order valence-corrected chi connectivity index (χ1v) is 14.4. The van der Waals surface area contributed by atoms with E-state index in [1.54, 1.807) is 76.2 Å². The summed E-state index contributed by atoms with van der Waals surface area (Å²) >= 11 is 0. The molecule has 166 valence electrons. The van der Waals surface area contributed by atoms with Crippen molar-refractivity contribution in [2.45, 2.75) is 63.4 Å². The van der Waals surface area contributed by atoms with E-state index in [0.29, 0.717) is 0 Å². The molecule has 0 aromatic heterocycles. The zero-order valence-electron chi connectivity index (χ0n) is 17.9. The van der Waals surface area contributed by atoms with Gasteiger partial charge in [-0.3, -0.25) is 0 Å². The zero-order valence-corrected chi connectivity index (χ0v) is 21.2. The molecule has 0 saturated carbocycles. The van der Waals surface area contributed by atoms with Crippen molar-refractivity contribution in [3.8, 4) is 0 Å². The Morgan fingerprint density at radius 1 is 0.600 bits per heavy atom. The largest absolute Gasteiger partial charge is 0.253 e. The van der Waals surface area contributed by atoms with Crippen molar-refractivity contribution in [1.29, 1.82) is 0 Å². The molecule has 0 spiro atoms. The molecule has 2 aromatic rings. The van der Waals surface area contributed by atoms with Gasteiger partial charge in [0.2, 0.25) is 0 Å². The summed E-state index contributed by atoms with van der Waals surface area (Å²) in [5.74, 6) is 0. The van der Waals surface area contributed by atoms with Crippen molar-refractivity contribution in [3.05, 3.63) is 59.7 Å². The van der Waals surface area contributed by atoms with Crippen LogP contribution in [0.4, 0.5) is 0 Å². The van der Waals surface area contributed by atoms with Crippen LogP contribution in [0, 0.1) is 13.8 Å². The van der Waals surface area contributed by atoms with Gasteiger partial charge < -0.3 is 0 Å². The molecule has 2 rings (SSSR count). The summed E-state index contributed by atoms with van der Waals surface area (Å²) in [4.78, 5) is 0.347. The molecule has 0 fully saturated rings. The molecule has 0 atom stereocenters. The van der Waals surface area contributed by atoms with Gasteiger partial charge in [0.05, 0.1) is 9.79 Å². The van der Waals surface area contributed by atoms with Crippen molar-refractivity contribution in [1.82, 2.24) is 7.42 Å². The van der Waals surface area contributed by atoms with Crippen LogP contribution in [-0.4, -0.2) is 36.3 Å². The number of aryl methyl sites for hydroxylation is 2. The lowest BCUT2D eigenvalue weighted by molar-refractivity contribution is 0.497. The van der Waals surface area contributed by atoms with Gasteiger partial charge in [-0.1, -0.05) is 35.4 Å². The molecule has 0 radical (unpaired) electrons. The summed E-state index contributed by atoms with van der Waals surface area (Å²) in [6.07, 6.45) is 0. The Bertz CT molecular complexity index is 961. The fourth-order valence-corrected chi connectivity index (χ4v) is 9.98. The summed E-state index contributed by atoms with van der Waals surface area (Å²) < 4.78 is 55.1. The molecular weight excluding hydrogens is 460 g/mol. The second-order valence-electron chi connectivity index (χ2n) is 7.48. The van der Waals surface area contributed by atoms with Crippen LogP contribution in [0.15, 0.2) is 58.3 Å². The average molecular weight is 489 g/mol. The number of sulfonamides is 2. The van der Waals surface area contributed by atoms with Gasteiger partial charge in [0.1, 0.15) is 0 Å². The Kier molecular flexibility index (Phi) is 8.45. The summed E-state index contributed by atoms with van der Waals surface area (Å²) in [6.45, 7) is 10.8. The van der Waals surface area contributed by atoms with Crippen molar-refractivity contribution in [3.63, 3.8) is 0 Å². The van der Waals surface area contributed by atoms with E-state index in [2.05, 4.69) is 0 Å². The van der Waals surface area contributed by atoms with Gasteiger partial charge in [0.15, 0.2) is 0 Å². The molecule has 0 aliphatic carbocycles. The van der Waals surface area contributed by atoms with Crippen LogP contribution in [-0.2, 0) is 20.0 Å². The average Bonchev–Trinajstić information content (AvgIpc) is 2.64. The molecule has 0 aliphatic heterocycles. The molecule has 0 N–H and O–H groups in total. The minimum atomic E-state index is -3.80. The standard InChI is InChI=1S/C20H28N2O4S4/c1-15(2)21(29(23,24)19-11-7-17(5)8-12-19)27-28-22(16(3)4)30(25,26)20-13-9-18(6)10-14-20/h7-16H,1-6H3. The number of rotatable bonds is 9. The predicted octanol–water partition coefficient (Wildman–Crippen LogP) is 5.01. The minimum absolute atomic E-state index is 0.174. The van der Waals surface area contributed by atoms with E-state index in [1.165, 1.54) is 7.42 Å². The molecule has 2 aromatic carbocycles. The van der Waals surface area contributed by atoms with E-state index in [0.717, 1.165) is 33.1 Å². The minimum Gasteiger partial charge on any atom is -0.206 e. The van der Waals surface area contributed by atoms with Gasteiger partial charge in [0.25, 0.3) is 20.0 Å². The van der Waals surface area contributed by atoms with Crippen LogP contribution >= 0.6 is 22.0 Å². The fraction of sp³-hybridized carbons (Fsp3) is 0.400. The first-order valence-electron chi connectivity index (χ1n) is 9.44. The van der Waals surface area contributed by atoms with Gasteiger partial charge in [-0.25, -0.2) is 16.8 Å². The van der Waals surface area contributed by atoms with Crippen LogP contribution in [0.25, 0.3) is 0 Å². The molecule has 0 bridgehead atoms. The number of hydrogen-bond donors (Lipinski definition) is 0. The van der Waals surface area contributed by atoms with Crippen molar-refractivity contribution in [2.75, 3.05) is 0 Å². The van der Waals surface area contributed by atoms with Crippen LogP contribution in [0.2, 0.25) is 0 Å². The topological polar surface area (TPSA) is 74.8 Å². The smallest absolute Gasteiger partial charge is 0.206 e. The van der Waals surface area contributed by atoms with E-state index in [1.807, 2.05) is 13.8 Å². The number of hydrogen-bond acceptors (Lipinski definition) is 6. The molecule has 0 saturated heterocycles. The monoisotopic (exact) mass is 488 g/mol. The Hall–Kier alpha value is -1.04. The summed E-state index contributed by atoms with van der Waals surface area (Å²) in [6, 6.07) is 12.5. The van der Waals surface area contributed by atoms with Gasteiger partial charge >= 0.3 is 0 Å². The highest BCUT2D eigenvalue weighted by Crippen LogP contribution is 2.40. The lowest BCUT2D eigenvalue weighted by atomic mass is 10.2. The quantitative estimate of drug-likeness (QED) is 0.365. The third kappa shape index (κ3) is 5.80. The zero-order chi connectivity index (χ0) is 22.7. The summed E-state index contributed by atoms with van der Waals surface area (Å²) in [5.41, 5.74) is 1.92. The molecule has 6 nitrogen and oxygen atoms in total. The summed E-state index contributed by atoms with van der Waals surface area (Å²) in [5, 5.41) is 0. The Morgan fingerprint density at radius 2 is 0.867 bits per heavy atom. The number of nitrogens with zero attached hydrogens (tertiary/aromatic N) is 2. The molecule has 0 heterocycles. The van der Waals surface area contributed by atoms with Crippen LogP contribution < -0.4 is 0 Å². The maximum Gasteiger partial charge on any atom is 0.253 e. The predicted molar refractivity (Wildman–Crippen MR) is 126 cm³/mol. The first-order chi connectivity index (χ1) is 13.9. The molecule has 0 unspecified atom stereocenters. The van der Waals surface area contributed by atoms with Crippen LogP contribution in [0.1, 0.15) is 38.8 Å². The fourth-order valence-electron chi connectivity index (χ4n) is 2.50. The molecule has 0 aliphatic rings.